The maximum Gasteiger partial charge on any atom is 0.422 e. The Bertz CT molecular complexity index is 3620. The zero-order valence-corrected chi connectivity index (χ0v) is 59.9. The van der Waals surface area contributed by atoms with Gasteiger partial charge < -0.3 is 65.0 Å². The number of carboxylic acid groups (broad SMARTS) is 1. The van der Waals surface area contributed by atoms with Crippen LogP contribution < -0.4 is 16.0 Å². The van der Waals surface area contributed by atoms with Gasteiger partial charge in [-0.15, -0.1) is 6.58 Å². The van der Waals surface area contributed by atoms with Crippen LogP contribution >= 0.6 is 0 Å². The van der Waals surface area contributed by atoms with Gasteiger partial charge in [0, 0.05) is 74.8 Å². The molecule has 2 bridgehead atoms. The highest BCUT2D eigenvalue weighted by atomic mass is 19.4. The first-order chi connectivity index (χ1) is 49.4. The molecule has 3 aliphatic heterocycles. The van der Waals surface area contributed by atoms with Crippen molar-refractivity contribution < 1.29 is 103 Å². The number of ether oxygens (including phenoxy) is 1. The molecule has 11 amide bonds. The fraction of sp³-hybridized carbons (Fsp3) is 0.611. The van der Waals surface area contributed by atoms with Crippen LogP contribution in [-0.4, -0.2) is 250 Å². The average Bonchev–Trinajstić information content (AvgIpc) is 1.71. The zero-order valence-electron chi connectivity index (χ0n) is 59.9. The van der Waals surface area contributed by atoms with Crippen molar-refractivity contribution in [3.8, 4) is 0 Å². The number of carbonyl (C=O) groups is 12. The van der Waals surface area contributed by atoms with Crippen molar-refractivity contribution in [3.05, 3.63) is 95.1 Å². The van der Waals surface area contributed by atoms with E-state index >= 15 is 37.5 Å². The number of fused-ring (bicyclic) bond motifs is 3. The Kier molecular flexibility index (Phi) is 26.8. The van der Waals surface area contributed by atoms with E-state index in [1.165, 1.54) is 41.3 Å². The van der Waals surface area contributed by atoms with Crippen LogP contribution in [0.3, 0.4) is 0 Å². The minimum absolute atomic E-state index is 0.00288. The number of rotatable bonds is 13. The number of aryl methyl sites for hydroxylation is 1. The Morgan fingerprint density at radius 2 is 1.31 bits per heavy atom. The highest BCUT2D eigenvalue weighted by Crippen LogP contribution is 2.40. The van der Waals surface area contributed by atoms with Gasteiger partial charge in [0.05, 0.1) is 31.2 Å². The van der Waals surface area contributed by atoms with Crippen molar-refractivity contribution >= 4 is 70.9 Å². The summed E-state index contributed by atoms with van der Waals surface area (Å²) in [5, 5.41) is 18.9. The summed E-state index contributed by atoms with van der Waals surface area (Å²) in [6.45, 7) is 3.09. The van der Waals surface area contributed by atoms with E-state index < -0.39 is 216 Å². The van der Waals surface area contributed by atoms with Gasteiger partial charge in [-0.05, 0) is 125 Å². The van der Waals surface area contributed by atoms with E-state index in [0.29, 0.717) is 57.1 Å². The molecule has 8 rings (SSSR count). The molecule has 1 unspecified atom stereocenters. The van der Waals surface area contributed by atoms with E-state index in [-0.39, 0.29) is 76.1 Å². The number of nitrogens with zero attached hydrogens (tertiary/aromatic N) is 8. The number of hydrogen-bond acceptors (Lipinski definition) is 13. The number of halogens is 8. The van der Waals surface area contributed by atoms with Gasteiger partial charge >= 0.3 is 18.3 Å². The predicted molar refractivity (Wildman–Crippen MR) is 361 cm³/mol. The molecule has 3 saturated carbocycles. The lowest BCUT2D eigenvalue weighted by Gasteiger charge is -2.46. The highest BCUT2D eigenvalue weighted by molar-refractivity contribution is 6.01. The van der Waals surface area contributed by atoms with Gasteiger partial charge in [0.2, 0.25) is 65.0 Å². The lowest BCUT2D eigenvalue weighted by molar-refractivity contribution is -0.159. The number of hydrogen-bond donors (Lipinski definition) is 4. The van der Waals surface area contributed by atoms with Gasteiger partial charge in [-0.2, -0.15) is 26.3 Å². The fourth-order valence-electron chi connectivity index (χ4n) is 14.7. The third kappa shape index (κ3) is 19.5. The van der Waals surface area contributed by atoms with Gasteiger partial charge in [0.15, 0.2) is 0 Å². The molecule has 33 heteroatoms. The average molecular weight is 1490 g/mol. The minimum Gasteiger partial charge on any atom is -0.480 e. The van der Waals surface area contributed by atoms with E-state index in [0.717, 1.165) is 70.5 Å². The van der Waals surface area contributed by atoms with Gasteiger partial charge in [-0.1, -0.05) is 56.0 Å². The number of benzene rings is 2. The molecule has 1 spiro atoms. The van der Waals surface area contributed by atoms with E-state index in [1.807, 2.05) is 0 Å². The van der Waals surface area contributed by atoms with E-state index in [1.54, 1.807) is 19.1 Å². The number of aliphatic carboxylic acids is 1. The van der Waals surface area contributed by atoms with E-state index in [2.05, 4.69) is 22.5 Å². The minimum atomic E-state index is -5.46. The molecule has 2 aromatic carbocycles. The first-order valence-electron chi connectivity index (χ1n) is 35.3. The summed E-state index contributed by atoms with van der Waals surface area (Å²) in [5.41, 5.74) is -5.32. The Morgan fingerprint density at radius 1 is 0.676 bits per heavy atom. The van der Waals surface area contributed by atoms with Crippen LogP contribution in [-0.2, 0) is 87.5 Å². The smallest absolute Gasteiger partial charge is 0.422 e. The lowest BCUT2D eigenvalue weighted by atomic mass is 9.74. The molecule has 105 heavy (non-hydrogen) atoms. The van der Waals surface area contributed by atoms with Crippen LogP contribution in [0.2, 0.25) is 0 Å². The van der Waals surface area contributed by atoms with Crippen molar-refractivity contribution in [2.45, 2.75) is 195 Å². The van der Waals surface area contributed by atoms with Crippen LogP contribution in [0.4, 0.5) is 35.1 Å². The maximum absolute atomic E-state index is 15.4. The number of carboxylic acids is 1. The molecule has 576 valence electrons. The molecule has 0 aromatic heterocycles. The molecule has 9 atom stereocenters. The first kappa shape index (κ1) is 81.6. The number of carbonyl (C=O) groups excluding carboxylic acids is 11. The molecule has 5 fully saturated rings. The number of alkyl halides is 6. The predicted octanol–water partition coefficient (Wildman–Crippen LogP) is 5.02. The SMILES string of the molecule is C=CCC1NC(=O)[C@H](CC2CC2)N(C)C(=O)C[C@@H](C(=O)O)N(C)C(=O)[C@H](C2CCCC2)N(C)C(=O)C2(CCC2)NC(=O)[C@@H]2C[C@@H](OCC)CN2C(=O)[C@H](CCc2cc(F)c(C(F)(F)F)c(F)c2)NC(=O)CN(C)C(=O)[C@H](Cc2ccc(C(F)(F)F)cc2)N2CC/C=C\C[C@H](C2=O)N(C)C(=O)CN(C)C1=O. The molecule has 4 N–H and O–H groups in total. The Labute approximate surface area is 603 Å². The summed E-state index contributed by atoms with van der Waals surface area (Å²) < 4.78 is 119. The van der Waals surface area contributed by atoms with Crippen LogP contribution in [0.5, 0.6) is 0 Å². The second-order valence-corrected chi connectivity index (χ2v) is 28.4. The van der Waals surface area contributed by atoms with Crippen molar-refractivity contribution in [3.63, 3.8) is 0 Å². The molecule has 6 aliphatic rings. The van der Waals surface area contributed by atoms with E-state index in [4.69, 9.17) is 4.74 Å². The van der Waals surface area contributed by atoms with Gasteiger partial charge in [-0.3, -0.25) is 52.7 Å². The van der Waals surface area contributed by atoms with Crippen molar-refractivity contribution in [1.82, 2.24) is 55.1 Å². The molecule has 2 saturated heterocycles. The molecule has 2 aromatic rings. The quantitative estimate of drug-likeness (QED) is 0.151. The molecule has 25 nitrogen and oxygen atoms in total. The Hall–Kier alpha value is -9.04. The van der Waals surface area contributed by atoms with Crippen LogP contribution in [0.15, 0.2) is 61.2 Å². The summed E-state index contributed by atoms with van der Waals surface area (Å²) in [5.74, 6) is -16.2. The standard InChI is InChI=1S/C72H93F8N11O14/c1-9-17-49-63(97)85(4)40-58(94)86(5)51-20-12-11-15-31-90(66(51)100)54(35-42-23-26-45(27-24-42)71(75,76)77)65(99)84(3)39-56(92)81-50(28-25-43-32-47(73)59(48(74)33-43)72(78,79)80)64(98)91-38-46(105-10-2)36-53(91)62(96)83-70(29-16-30-70)69(104)89(8)60(44-18-13-14-19-44)67(101)88(7)55(68(102)103)37-57(93)87(6)52(61(95)82-49)34-41-21-22-41/h9,11-12,23-24,26-27,32-33,41,44,46,49-55,60H,1,10,13-22,25,28-31,34-40H2,2-8H3,(H,81,92)(H,82,95)(H,83,96)(H,102,103)/b12-11-/t46-,49?,50+,51-,52+,53+,54+,55+,60+/m1/s1. The maximum atomic E-state index is 15.4. The second kappa shape index (κ2) is 34.5. The van der Waals surface area contributed by atoms with Gasteiger partial charge in [0.25, 0.3) is 0 Å². The number of amides is 11. The summed E-state index contributed by atoms with van der Waals surface area (Å²) in [6.07, 6.45) is -5.85. The fourth-order valence-corrected chi connectivity index (χ4v) is 14.7. The third-order valence-corrected chi connectivity index (χ3v) is 21.1. The van der Waals surface area contributed by atoms with Crippen molar-refractivity contribution in [1.29, 1.82) is 0 Å². The molecular formula is C72H93F8N11O14. The van der Waals surface area contributed by atoms with Gasteiger partial charge in [-0.25, -0.2) is 13.6 Å². The van der Waals surface area contributed by atoms with Crippen LogP contribution in [0.25, 0.3) is 0 Å². The molecule has 3 aliphatic carbocycles. The van der Waals surface area contributed by atoms with Crippen LogP contribution in [0, 0.1) is 23.5 Å². The van der Waals surface area contributed by atoms with Crippen molar-refractivity contribution in [2.24, 2.45) is 11.8 Å². The topological polar surface area (TPSA) is 296 Å². The molecular weight excluding hydrogens is 1390 g/mol. The Morgan fingerprint density at radius 3 is 1.89 bits per heavy atom. The summed E-state index contributed by atoms with van der Waals surface area (Å²) in [4.78, 5) is 185. The monoisotopic (exact) mass is 1490 g/mol. The van der Waals surface area contributed by atoms with E-state index in [9.17, 15) is 60.2 Å². The van der Waals surface area contributed by atoms with Gasteiger partial charge in [0.1, 0.15) is 71.1 Å². The third-order valence-electron chi connectivity index (χ3n) is 21.1. The highest BCUT2D eigenvalue weighted by Gasteiger charge is 2.54. The number of likely N-dealkylation sites (N-methyl/N-ethyl adjacent to an activating group) is 6. The molecule has 0 radical (unpaired) electrons. The summed E-state index contributed by atoms with van der Waals surface area (Å²) in [6, 6.07) is -8.00. The molecule has 3 heterocycles. The summed E-state index contributed by atoms with van der Waals surface area (Å²) in [7, 11) is 7.41. The largest absolute Gasteiger partial charge is 0.480 e. The normalized spacial score (nSPS) is 26.8. The zero-order chi connectivity index (χ0) is 77.3. The number of nitrogens with one attached hydrogen (secondary N) is 3. The lowest BCUT2D eigenvalue weighted by Crippen LogP contribution is -2.68. The second-order valence-electron chi connectivity index (χ2n) is 28.4. The van der Waals surface area contributed by atoms with Crippen molar-refractivity contribution in [2.75, 3.05) is 75.1 Å². The van der Waals surface area contributed by atoms with Crippen LogP contribution in [0.1, 0.15) is 132 Å². The Balaban J connectivity index is 1.20. The first-order valence-corrected chi connectivity index (χ1v) is 35.3. The summed E-state index contributed by atoms with van der Waals surface area (Å²) >= 11 is 0.